The van der Waals surface area contributed by atoms with Gasteiger partial charge in [0.1, 0.15) is 5.82 Å². The van der Waals surface area contributed by atoms with Gasteiger partial charge in [-0.25, -0.2) is 13.4 Å². The zero-order valence-electron chi connectivity index (χ0n) is 14.0. The molecule has 140 valence electrons. The van der Waals surface area contributed by atoms with Crippen LogP contribution in [0.3, 0.4) is 0 Å². The fourth-order valence-corrected chi connectivity index (χ4v) is 4.15. The Morgan fingerprint density at radius 3 is 2.35 bits per heavy atom. The van der Waals surface area contributed by atoms with Crippen LogP contribution in [0.5, 0.6) is 0 Å². The number of nitrogens with zero attached hydrogens (tertiary/aromatic N) is 3. The van der Waals surface area contributed by atoms with Gasteiger partial charge in [0.05, 0.1) is 17.4 Å². The summed E-state index contributed by atoms with van der Waals surface area (Å²) in [7, 11) is -2.12. The highest BCUT2D eigenvalue weighted by atomic mass is 32.2. The van der Waals surface area contributed by atoms with Gasteiger partial charge in [0, 0.05) is 26.3 Å². The fourth-order valence-electron chi connectivity index (χ4n) is 2.74. The van der Waals surface area contributed by atoms with Crippen LogP contribution in [0.2, 0.25) is 0 Å². The van der Waals surface area contributed by atoms with E-state index in [1.54, 1.807) is 12.3 Å². The lowest BCUT2D eigenvalue weighted by atomic mass is 10.1. The molecule has 0 N–H and O–H groups in total. The fraction of sp³-hybridized carbons (Fsp3) is 0.353. The molecule has 0 amide bonds. The summed E-state index contributed by atoms with van der Waals surface area (Å²) in [6.45, 7) is 1.06. The van der Waals surface area contributed by atoms with Gasteiger partial charge in [-0.05, 0) is 29.8 Å². The second kappa shape index (κ2) is 6.88. The van der Waals surface area contributed by atoms with Crippen molar-refractivity contribution in [2.45, 2.75) is 18.0 Å². The Balaban J connectivity index is 1.62. The van der Waals surface area contributed by atoms with Crippen molar-refractivity contribution in [3.63, 3.8) is 0 Å². The van der Waals surface area contributed by atoms with Crippen molar-refractivity contribution in [2.75, 3.05) is 25.0 Å². The predicted molar refractivity (Wildman–Crippen MR) is 92.1 cm³/mol. The zero-order chi connectivity index (χ0) is 18.9. The molecule has 3 rings (SSSR count). The molecule has 0 unspecified atom stereocenters. The molecule has 0 saturated carbocycles. The highest BCUT2D eigenvalue weighted by Gasteiger charge is 2.36. The first-order chi connectivity index (χ1) is 12.2. The highest BCUT2D eigenvalue weighted by molar-refractivity contribution is 7.88. The topological polar surface area (TPSA) is 53.5 Å². The van der Waals surface area contributed by atoms with Crippen LogP contribution in [-0.2, 0) is 22.0 Å². The Labute approximate surface area is 150 Å². The summed E-state index contributed by atoms with van der Waals surface area (Å²) in [5, 5.41) is 0. The maximum atomic E-state index is 12.6. The summed E-state index contributed by atoms with van der Waals surface area (Å²) in [5.41, 5.74) is -0.470. The molecule has 26 heavy (non-hydrogen) atoms. The number of hydrogen-bond acceptors (Lipinski definition) is 4. The Morgan fingerprint density at radius 1 is 1.15 bits per heavy atom. The molecule has 5 nitrogen and oxygen atoms in total. The van der Waals surface area contributed by atoms with Gasteiger partial charge in [-0.3, -0.25) is 0 Å². The standard InChI is InChI=1S/C17H18F3N3O2S/c1-22(15-10-23(11-15)16-4-2-3-9-21-16)26(24,25)12-13-5-7-14(8-6-13)17(18,19)20/h2-9,15H,10-12H2,1H3. The lowest BCUT2D eigenvalue weighted by molar-refractivity contribution is -0.137. The van der Waals surface area contributed by atoms with E-state index in [1.165, 1.54) is 23.5 Å². The maximum Gasteiger partial charge on any atom is 0.416 e. The molecule has 2 heterocycles. The molecule has 0 spiro atoms. The van der Waals surface area contributed by atoms with Gasteiger partial charge >= 0.3 is 6.18 Å². The quantitative estimate of drug-likeness (QED) is 0.794. The Kier molecular flexibility index (Phi) is 4.94. The van der Waals surface area contributed by atoms with Crippen molar-refractivity contribution in [3.8, 4) is 0 Å². The van der Waals surface area contributed by atoms with E-state index in [0.717, 1.165) is 18.0 Å². The lowest BCUT2D eigenvalue weighted by Gasteiger charge is -2.44. The van der Waals surface area contributed by atoms with E-state index < -0.39 is 21.8 Å². The minimum Gasteiger partial charge on any atom is -0.353 e. The third-order valence-corrected chi connectivity index (χ3v) is 6.29. The summed E-state index contributed by atoms with van der Waals surface area (Å²) in [4.78, 5) is 6.19. The molecule has 1 saturated heterocycles. The number of pyridine rings is 1. The van der Waals surface area contributed by atoms with Crippen LogP contribution < -0.4 is 4.90 Å². The monoisotopic (exact) mass is 385 g/mol. The van der Waals surface area contributed by atoms with Gasteiger partial charge in [0.2, 0.25) is 10.0 Å². The van der Waals surface area contributed by atoms with E-state index in [-0.39, 0.29) is 11.8 Å². The van der Waals surface area contributed by atoms with Gasteiger partial charge < -0.3 is 4.90 Å². The van der Waals surface area contributed by atoms with Crippen LogP contribution >= 0.6 is 0 Å². The van der Waals surface area contributed by atoms with Crippen molar-refractivity contribution in [1.82, 2.24) is 9.29 Å². The van der Waals surface area contributed by atoms with Crippen LogP contribution in [-0.4, -0.2) is 43.9 Å². The average Bonchev–Trinajstić information content (AvgIpc) is 2.53. The van der Waals surface area contributed by atoms with E-state index in [1.807, 2.05) is 17.0 Å². The normalized spacial score (nSPS) is 16.0. The minimum absolute atomic E-state index is 0.184. The number of hydrogen-bond donors (Lipinski definition) is 0. The lowest BCUT2D eigenvalue weighted by Crippen LogP contribution is -2.60. The minimum atomic E-state index is -4.44. The molecule has 0 bridgehead atoms. The third-order valence-electron chi connectivity index (χ3n) is 4.42. The maximum absolute atomic E-state index is 12.6. The molecular formula is C17H18F3N3O2S. The molecule has 0 radical (unpaired) electrons. The SMILES string of the molecule is CN(C1CN(c2ccccn2)C1)S(=O)(=O)Cc1ccc(C(F)(F)F)cc1. The molecule has 9 heteroatoms. The molecule has 1 aliphatic rings. The number of alkyl halides is 3. The van der Waals surface area contributed by atoms with Crippen LogP contribution in [0, 0.1) is 0 Å². The summed E-state index contributed by atoms with van der Waals surface area (Å²) in [6.07, 6.45) is -2.76. The van der Waals surface area contributed by atoms with Crippen LogP contribution in [0.15, 0.2) is 48.7 Å². The predicted octanol–water partition coefficient (Wildman–Crippen LogP) is 2.75. The molecule has 0 atom stereocenters. The first kappa shape index (κ1) is 18.7. The van der Waals surface area contributed by atoms with Crippen LogP contribution in [0.25, 0.3) is 0 Å². The van der Waals surface area contributed by atoms with E-state index >= 15 is 0 Å². The van der Waals surface area contributed by atoms with Crippen molar-refractivity contribution < 1.29 is 21.6 Å². The van der Waals surface area contributed by atoms with E-state index in [9.17, 15) is 21.6 Å². The highest BCUT2D eigenvalue weighted by Crippen LogP contribution is 2.29. The van der Waals surface area contributed by atoms with Crippen LogP contribution in [0.4, 0.5) is 19.0 Å². The molecule has 2 aromatic rings. The summed E-state index contributed by atoms with van der Waals surface area (Å²) in [6, 6.07) is 9.55. The van der Waals surface area contributed by atoms with Gasteiger partial charge in [0.25, 0.3) is 0 Å². The second-order valence-electron chi connectivity index (χ2n) is 6.21. The molecule has 1 aromatic heterocycles. The Morgan fingerprint density at radius 2 is 1.81 bits per heavy atom. The number of likely N-dealkylation sites (N-methyl/N-ethyl adjacent to an activating group) is 1. The number of halogens is 3. The molecule has 1 fully saturated rings. The summed E-state index contributed by atoms with van der Waals surface area (Å²) < 4.78 is 64.1. The smallest absolute Gasteiger partial charge is 0.353 e. The van der Waals surface area contributed by atoms with Gasteiger partial charge in [-0.15, -0.1) is 0 Å². The zero-order valence-corrected chi connectivity index (χ0v) is 14.8. The molecule has 0 aliphatic carbocycles. The van der Waals surface area contributed by atoms with Crippen molar-refractivity contribution >= 4 is 15.8 Å². The second-order valence-corrected chi connectivity index (χ2v) is 8.24. The van der Waals surface area contributed by atoms with E-state index in [0.29, 0.717) is 18.7 Å². The first-order valence-corrected chi connectivity index (χ1v) is 9.55. The number of benzene rings is 1. The third kappa shape index (κ3) is 3.99. The van der Waals surface area contributed by atoms with Gasteiger partial charge in [-0.2, -0.15) is 17.5 Å². The van der Waals surface area contributed by atoms with Crippen molar-refractivity contribution in [3.05, 3.63) is 59.8 Å². The Bertz CT molecular complexity index is 849. The largest absolute Gasteiger partial charge is 0.416 e. The van der Waals surface area contributed by atoms with E-state index in [4.69, 9.17) is 0 Å². The first-order valence-electron chi connectivity index (χ1n) is 7.94. The molecular weight excluding hydrogens is 367 g/mol. The molecule has 1 aromatic carbocycles. The van der Waals surface area contributed by atoms with E-state index in [2.05, 4.69) is 4.98 Å². The number of anilines is 1. The number of rotatable bonds is 5. The molecule has 1 aliphatic heterocycles. The van der Waals surface area contributed by atoms with Crippen LogP contribution in [0.1, 0.15) is 11.1 Å². The van der Waals surface area contributed by atoms with Crippen molar-refractivity contribution in [2.24, 2.45) is 0 Å². The van der Waals surface area contributed by atoms with Crippen molar-refractivity contribution in [1.29, 1.82) is 0 Å². The number of aromatic nitrogens is 1. The Hall–Kier alpha value is -2.13. The average molecular weight is 385 g/mol. The van der Waals surface area contributed by atoms with Gasteiger partial charge in [-0.1, -0.05) is 18.2 Å². The summed E-state index contributed by atoms with van der Waals surface area (Å²) >= 11 is 0. The number of sulfonamides is 1. The summed E-state index contributed by atoms with van der Waals surface area (Å²) in [5.74, 6) is 0.458. The van der Waals surface area contributed by atoms with Gasteiger partial charge in [0.15, 0.2) is 0 Å².